The first kappa shape index (κ1) is 14.2. The summed E-state index contributed by atoms with van der Waals surface area (Å²) in [5.41, 5.74) is -0.236. The van der Waals surface area contributed by atoms with Crippen molar-refractivity contribution in [3.8, 4) is 0 Å². The van der Waals surface area contributed by atoms with Gasteiger partial charge in [-0.3, -0.25) is 0 Å². The second-order valence-electron chi connectivity index (χ2n) is 4.65. The van der Waals surface area contributed by atoms with Gasteiger partial charge in [-0.1, -0.05) is 6.92 Å². The maximum atomic E-state index is 5.52. The molecule has 2 aliphatic rings. The van der Waals surface area contributed by atoms with Crippen LogP contribution in [-0.4, -0.2) is 52.6 Å². The van der Waals surface area contributed by atoms with E-state index in [-0.39, 0.29) is 5.41 Å². The summed E-state index contributed by atoms with van der Waals surface area (Å²) in [5, 5.41) is 0. The van der Waals surface area contributed by atoms with Gasteiger partial charge in [0.2, 0.25) is 0 Å². The maximum Gasteiger partial charge on any atom is 0.271 e. The Morgan fingerprint density at radius 3 is 1.83 bits per heavy atom. The lowest BCUT2D eigenvalue weighted by molar-refractivity contribution is -0.390. The van der Waals surface area contributed by atoms with Crippen LogP contribution < -0.4 is 0 Å². The molecular formula is C12H22O6. The summed E-state index contributed by atoms with van der Waals surface area (Å²) in [6.45, 7) is 6.08. The van der Waals surface area contributed by atoms with Gasteiger partial charge < -0.3 is 28.4 Å². The predicted molar refractivity (Wildman–Crippen MR) is 61.7 cm³/mol. The van der Waals surface area contributed by atoms with E-state index < -0.39 is 13.0 Å². The van der Waals surface area contributed by atoms with Crippen LogP contribution >= 0.6 is 0 Å². The molecule has 0 amide bonds. The van der Waals surface area contributed by atoms with Crippen molar-refractivity contribution in [3.63, 3.8) is 0 Å². The molecule has 0 unspecified atom stereocenters. The lowest BCUT2D eigenvalue weighted by Gasteiger charge is -2.42. The molecule has 6 nitrogen and oxygen atoms in total. The van der Waals surface area contributed by atoms with E-state index in [9.17, 15) is 0 Å². The van der Waals surface area contributed by atoms with Gasteiger partial charge in [0, 0.05) is 6.61 Å². The first-order valence-corrected chi connectivity index (χ1v) is 6.47. The third-order valence-corrected chi connectivity index (χ3v) is 2.86. The Hall–Kier alpha value is -0.240. The molecule has 2 aliphatic heterocycles. The Labute approximate surface area is 107 Å². The average Bonchev–Trinajstić information content (AvgIpc) is 2.41. The summed E-state index contributed by atoms with van der Waals surface area (Å²) in [6, 6.07) is 0. The molecule has 0 aromatic carbocycles. The second kappa shape index (κ2) is 6.79. The summed E-state index contributed by atoms with van der Waals surface area (Å²) in [4.78, 5) is 0. The molecule has 6 heteroatoms. The highest BCUT2D eigenvalue weighted by Crippen LogP contribution is 2.30. The van der Waals surface area contributed by atoms with Crippen LogP contribution in [0.15, 0.2) is 0 Å². The first-order chi connectivity index (χ1) is 8.78. The fourth-order valence-electron chi connectivity index (χ4n) is 1.87. The van der Waals surface area contributed by atoms with E-state index in [0.29, 0.717) is 39.6 Å². The van der Waals surface area contributed by atoms with Crippen LogP contribution in [0.5, 0.6) is 0 Å². The van der Waals surface area contributed by atoms with Crippen molar-refractivity contribution >= 4 is 0 Å². The van der Waals surface area contributed by atoms with Crippen LogP contribution in [0.2, 0.25) is 0 Å². The maximum absolute atomic E-state index is 5.52. The zero-order chi connectivity index (χ0) is 12.8. The third kappa shape index (κ3) is 3.63. The van der Waals surface area contributed by atoms with Crippen LogP contribution in [-0.2, 0) is 28.4 Å². The zero-order valence-corrected chi connectivity index (χ0v) is 11.1. The van der Waals surface area contributed by atoms with Crippen LogP contribution in [0.4, 0.5) is 0 Å². The van der Waals surface area contributed by atoms with Crippen molar-refractivity contribution in [1.82, 2.24) is 0 Å². The van der Waals surface area contributed by atoms with E-state index in [2.05, 4.69) is 0 Å². The second-order valence-corrected chi connectivity index (χ2v) is 4.65. The summed E-state index contributed by atoms with van der Waals surface area (Å²) < 4.78 is 32.6. The molecule has 0 saturated carbocycles. The van der Waals surface area contributed by atoms with Crippen molar-refractivity contribution < 1.29 is 28.4 Å². The molecule has 2 rings (SSSR count). The summed E-state index contributed by atoms with van der Waals surface area (Å²) in [6.07, 6.45) is 0.941. The molecule has 2 saturated heterocycles. The van der Waals surface area contributed by atoms with Gasteiger partial charge in [-0.25, -0.2) is 0 Å². The minimum Gasteiger partial charge on any atom is -0.330 e. The standard InChI is InChI=1S/C12H22O6/c1-3-5-14-11-17-8-12(9-18-11)6-15-10(13-4-2)16-7-12/h10-11H,3-9H2,1-2H3. The molecule has 0 N–H and O–H groups in total. The van der Waals surface area contributed by atoms with E-state index in [1.165, 1.54) is 0 Å². The molecule has 0 radical (unpaired) electrons. The van der Waals surface area contributed by atoms with E-state index >= 15 is 0 Å². The predicted octanol–water partition coefficient (Wildman–Crippen LogP) is 1.10. The highest BCUT2D eigenvalue weighted by atomic mass is 16.9. The monoisotopic (exact) mass is 262 g/mol. The van der Waals surface area contributed by atoms with Gasteiger partial charge in [0.1, 0.15) is 0 Å². The molecule has 2 heterocycles. The smallest absolute Gasteiger partial charge is 0.271 e. The summed E-state index contributed by atoms with van der Waals surface area (Å²) in [5.74, 6) is 0. The fourth-order valence-corrected chi connectivity index (χ4v) is 1.87. The Kier molecular flexibility index (Phi) is 5.35. The van der Waals surface area contributed by atoms with Crippen molar-refractivity contribution in [2.45, 2.75) is 33.2 Å². The lowest BCUT2D eigenvalue weighted by atomic mass is 9.91. The molecule has 18 heavy (non-hydrogen) atoms. The summed E-state index contributed by atoms with van der Waals surface area (Å²) >= 11 is 0. The molecule has 0 aromatic heterocycles. The van der Waals surface area contributed by atoms with Crippen molar-refractivity contribution in [1.29, 1.82) is 0 Å². The fraction of sp³-hybridized carbons (Fsp3) is 1.00. The van der Waals surface area contributed by atoms with Gasteiger partial charge in [0.15, 0.2) is 0 Å². The zero-order valence-electron chi connectivity index (χ0n) is 11.1. The van der Waals surface area contributed by atoms with E-state index in [4.69, 9.17) is 28.4 Å². The molecule has 0 atom stereocenters. The Morgan fingerprint density at radius 2 is 1.39 bits per heavy atom. The highest BCUT2D eigenvalue weighted by molar-refractivity contribution is 4.82. The van der Waals surface area contributed by atoms with Crippen molar-refractivity contribution in [2.75, 3.05) is 39.6 Å². The van der Waals surface area contributed by atoms with Gasteiger partial charge >= 0.3 is 0 Å². The first-order valence-electron chi connectivity index (χ1n) is 6.47. The Balaban J connectivity index is 1.72. The van der Waals surface area contributed by atoms with Crippen LogP contribution in [0, 0.1) is 5.41 Å². The summed E-state index contributed by atoms with van der Waals surface area (Å²) in [7, 11) is 0. The van der Waals surface area contributed by atoms with Gasteiger partial charge in [-0.2, -0.15) is 0 Å². The van der Waals surface area contributed by atoms with E-state index in [1.807, 2.05) is 13.8 Å². The normalized spacial score (nSPS) is 37.0. The van der Waals surface area contributed by atoms with Gasteiger partial charge in [0.25, 0.3) is 13.0 Å². The van der Waals surface area contributed by atoms with Crippen molar-refractivity contribution in [3.05, 3.63) is 0 Å². The van der Waals surface area contributed by atoms with Gasteiger partial charge in [-0.05, 0) is 13.3 Å². The van der Waals surface area contributed by atoms with Gasteiger partial charge in [-0.15, -0.1) is 0 Å². The molecular weight excluding hydrogens is 240 g/mol. The third-order valence-electron chi connectivity index (χ3n) is 2.86. The van der Waals surface area contributed by atoms with Crippen LogP contribution in [0.1, 0.15) is 20.3 Å². The highest BCUT2D eigenvalue weighted by Gasteiger charge is 2.42. The van der Waals surface area contributed by atoms with Gasteiger partial charge in [0.05, 0.1) is 38.4 Å². The average molecular weight is 262 g/mol. The number of ether oxygens (including phenoxy) is 6. The largest absolute Gasteiger partial charge is 0.330 e. The van der Waals surface area contributed by atoms with Crippen LogP contribution in [0.3, 0.4) is 0 Å². The number of hydrogen-bond donors (Lipinski definition) is 0. The topological polar surface area (TPSA) is 55.4 Å². The molecule has 1 spiro atoms. The molecule has 2 fully saturated rings. The number of rotatable bonds is 5. The van der Waals surface area contributed by atoms with Crippen LogP contribution in [0.25, 0.3) is 0 Å². The SMILES string of the molecule is CCCOC1OCC2(COC(OCC)OC2)CO1. The quantitative estimate of drug-likeness (QED) is 0.739. The minimum atomic E-state index is -0.560. The number of hydrogen-bond acceptors (Lipinski definition) is 6. The Morgan fingerprint density at radius 1 is 0.889 bits per heavy atom. The molecule has 0 bridgehead atoms. The molecule has 0 aliphatic carbocycles. The van der Waals surface area contributed by atoms with Crippen molar-refractivity contribution in [2.24, 2.45) is 5.41 Å². The Bertz CT molecular complexity index is 229. The molecule has 0 aromatic rings. The lowest BCUT2D eigenvalue weighted by Crippen LogP contribution is -2.53. The van der Waals surface area contributed by atoms with E-state index in [1.54, 1.807) is 0 Å². The minimum absolute atomic E-state index is 0.236. The van der Waals surface area contributed by atoms with E-state index in [0.717, 1.165) is 6.42 Å². The molecule has 106 valence electrons.